The first-order valence-electron chi connectivity index (χ1n) is 9.44. The number of likely N-dealkylation sites (tertiary alicyclic amines) is 1. The molecule has 1 unspecified atom stereocenters. The topological polar surface area (TPSA) is 78.7 Å². The fourth-order valence-electron chi connectivity index (χ4n) is 3.87. The number of rotatable bonds is 5. The third kappa shape index (κ3) is 4.32. The largest absolute Gasteiger partial charge is 0.402 e. The Morgan fingerprint density at radius 1 is 1.33 bits per heavy atom. The molecule has 0 saturated carbocycles. The van der Waals surface area contributed by atoms with Crippen molar-refractivity contribution < 1.29 is 9.59 Å². The Morgan fingerprint density at radius 2 is 2.11 bits per heavy atom. The number of benzene rings is 1. The Hall–Kier alpha value is -2.76. The molecule has 1 aromatic carbocycles. The molecule has 6 nitrogen and oxygen atoms in total. The number of carbonyl (C=O) groups is 2. The molecular weight excluding hydrogens is 340 g/mol. The monoisotopic (exact) mass is 368 g/mol. The summed E-state index contributed by atoms with van der Waals surface area (Å²) >= 11 is 0. The van der Waals surface area contributed by atoms with Crippen LogP contribution in [0, 0.1) is 6.92 Å². The van der Waals surface area contributed by atoms with Crippen LogP contribution in [-0.4, -0.2) is 42.3 Å². The Kier molecular flexibility index (Phi) is 5.54. The first kappa shape index (κ1) is 19.0. The number of ketones is 1. The van der Waals surface area contributed by atoms with E-state index < -0.39 is 11.7 Å². The number of nitrogens with two attached hydrogens (primary N) is 1. The molecular formula is C21H28N4O2. The van der Waals surface area contributed by atoms with Gasteiger partial charge in [-0.05, 0) is 56.9 Å². The van der Waals surface area contributed by atoms with E-state index in [9.17, 15) is 9.59 Å². The van der Waals surface area contributed by atoms with Gasteiger partial charge >= 0.3 is 0 Å². The van der Waals surface area contributed by atoms with Crippen LogP contribution in [0.1, 0.15) is 31.7 Å². The average molecular weight is 368 g/mol. The van der Waals surface area contributed by atoms with Crippen molar-refractivity contribution in [2.45, 2.75) is 39.2 Å². The lowest BCUT2D eigenvalue weighted by Gasteiger charge is -2.27. The number of nitrogens with one attached hydrogen (secondary N) is 1. The zero-order valence-corrected chi connectivity index (χ0v) is 16.1. The molecule has 0 aromatic heterocycles. The van der Waals surface area contributed by atoms with Gasteiger partial charge in [-0.3, -0.25) is 9.59 Å². The normalized spacial score (nSPS) is 20.3. The predicted molar refractivity (Wildman–Crippen MR) is 108 cm³/mol. The van der Waals surface area contributed by atoms with E-state index in [2.05, 4.69) is 27.8 Å². The Balaban J connectivity index is 1.65. The van der Waals surface area contributed by atoms with Crippen LogP contribution in [0.25, 0.3) is 0 Å². The summed E-state index contributed by atoms with van der Waals surface area (Å²) < 4.78 is 0. The van der Waals surface area contributed by atoms with Gasteiger partial charge in [0.1, 0.15) is 0 Å². The summed E-state index contributed by atoms with van der Waals surface area (Å²) in [6.45, 7) is 10.8. The number of carbonyl (C=O) groups excluding carboxylic acids is 2. The number of anilines is 2. The second kappa shape index (κ2) is 7.86. The van der Waals surface area contributed by atoms with Crippen molar-refractivity contribution in [3.63, 3.8) is 0 Å². The van der Waals surface area contributed by atoms with Crippen molar-refractivity contribution in [3.8, 4) is 0 Å². The maximum atomic E-state index is 12.0. The maximum Gasteiger partial charge on any atom is 0.296 e. The highest BCUT2D eigenvalue weighted by molar-refractivity contribution is 6.44. The van der Waals surface area contributed by atoms with E-state index >= 15 is 0 Å². The van der Waals surface area contributed by atoms with Crippen LogP contribution in [0.5, 0.6) is 0 Å². The van der Waals surface area contributed by atoms with E-state index in [1.54, 1.807) is 6.92 Å². The van der Waals surface area contributed by atoms with Gasteiger partial charge in [-0.1, -0.05) is 6.58 Å². The quantitative estimate of drug-likeness (QED) is 0.617. The van der Waals surface area contributed by atoms with Crippen molar-refractivity contribution in [2.75, 3.05) is 29.9 Å². The Labute approximate surface area is 160 Å². The molecule has 0 radical (unpaired) electrons. The molecule has 27 heavy (non-hydrogen) atoms. The summed E-state index contributed by atoms with van der Waals surface area (Å²) in [6.07, 6.45) is 4.59. The minimum Gasteiger partial charge on any atom is -0.402 e. The molecule has 1 atom stereocenters. The van der Waals surface area contributed by atoms with E-state index in [1.807, 2.05) is 19.1 Å². The molecule has 2 fully saturated rings. The van der Waals surface area contributed by atoms with Gasteiger partial charge in [0.25, 0.3) is 5.91 Å². The molecule has 0 bridgehead atoms. The predicted octanol–water partition coefficient (Wildman–Crippen LogP) is 2.55. The van der Waals surface area contributed by atoms with Crippen LogP contribution in [0.15, 0.2) is 42.2 Å². The summed E-state index contributed by atoms with van der Waals surface area (Å²) in [5, 5.41) is 2.67. The molecule has 6 heteroatoms. The van der Waals surface area contributed by atoms with E-state index in [1.165, 1.54) is 12.1 Å². The molecule has 2 aliphatic heterocycles. The highest BCUT2D eigenvalue weighted by Crippen LogP contribution is 2.30. The Morgan fingerprint density at radius 3 is 2.74 bits per heavy atom. The molecule has 144 valence electrons. The van der Waals surface area contributed by atoms with E-state index in [0.717, 1.165) is 49.8 Å². The standard InChI is InChI=1S/C21H28N4O2/c1-14-11-17(6-7-19(14)23-21(27)20(26)12-15(2)22)24-10-8-18(13-24)25-9-4-5-16(25)3/h6-7,11-12,18H,3-5,8-10,13,22H2,1-2H3,(H,23,27). The summed E-state index contributed by atoms with van der Waals surface area (Å²) in [7, 11) is 0. The van der Waals surface area contributed by atoms with Gasteiger partial charge < -0.3 is 20.9 Å². The summed E-state index contributed by atoms with van der Waals surface area (Å²) in [5.41, 5.74) is 9.74. The smallest absolute Gasteiger partial charge is 0.296 e. The number of amides is 1. The van der Waals surface area contributed by atoms with Gasteiger partial charge in [0.05, 0.1) is 0 Å². The van der Waals surface area contributed by atoms with Gasteiger partial charge in [0.2, 0.25) is 5.78 Å². The lowest BCUT2D eigenvalue weighted by atomic mass is 10.1. The number of aryl methyl sites for hydroxylation is 1. The van der Waals surface area contributed by atoms with Gasteiger partial charge in [0.15, 0.2) is 0 Å². The lowest BCUT2D eigenvalue weighted by molar-refractivity contribution is -0.132. The minimum absolute atomic E-state index is 0.312. The van der Waals surface area contributed by atoms with Crippen molar-refractivity contribution in [2.24, 2.45) is 5.73 Å². The zero-order valence-electron chi connectivity index (χ0n) is 16.1. The van der Waals surface area contributed by atoms with Gasteiger partial charge in [-0.2, -0.15) is 0 Å². The number of nitrogens with zero attached hydrogens (tertiary/aromatic N) is 2. The zero-order chi connectivity index (χ0) is 19.6. The van der Waals surface area contributed by atoms with Crippen LogP contribution < -0.4 is 16.0 Å². The van der Waals surface area contributed by atoms with Crippen LogP contribution in [0.4, 0.5) is 11.4 Å². The van der Waals surface area contributed by atoms with Gasteiger partial charge in [-0.15, -0.1) is 0 Å². The van der Waals surface area contributed by atoms with Crippen molar-refractivity contribution in [1.29, 1.82) is 0 Å². The molecule has 1 amide bonds. The first-order chi connectivity index (χ1) is 12.8. The third-order valence-corrected chi connectivity index (χ3v) is 5.28. The second-order valence-electron chi connectivity index (χ2n) is 7.46. The van der Waals surface area contributed by atoms with Crippen LogP contribution in [0.2, 0.25) is 0 Å². The second-order valence-corrected chi connectivity index (χ2v) is 7.46. The van der Waals surface area contributed by atoms with Crippen molar-refractivity contribution in [3.05, 3.63) is 47.8 Å². The number of allylic oxidation sites excluding steroid dienone is 2. The summed E-state index contributed by atoms with van der Waals surface area (Å²) in [5.74, 6) is -1.32. The maximum absolute atomic E-state index is 12.0. The molecule has 3 rings (SSSR count). The molecule has 2 aliphatic rings. The van der Waals surface area contributed by atoms with E-state index in [-0.39, 0.29) is 0 Å². The first-order valence-corrected chi connectivity index (χ1v) is 9.44. The Bertz CT molecular complexity index is 795. The SMILES string of the molecule is C=C1CCCN1C1CCN(c2ccc(NC(=O)C(=O)C=C(C)N)c(C)c2)C1. The van der Waals surface area contributed by atoms with Crippen molar-refractivity contribution >= 4 is 23.1 Å². The van der Waals surface area contributed by atoms with Gasteiger partial charge in [0, 0.05) is 54.5 Å². The van der Waals surface area contributed by atoms with E-state index in [0.29, 0.717) is 17.4 Å². The summed E-state index contributed by atoms with van der Waals surface area (Å²) in [4.78, 5) is 28.6. The average Bonchev–Trinajstić information content (AvgIpc) is 3.24. The summed E-state index contributed by atoms with van der Waals surface area (Å²) in [6, 6.07) is 6.45. The molecule has 0 aliphatic carbocycles. The van der Waals surface area contributed by atoms with Crippen molar-refractivity contribution in [1.82, 2.24) is 4.90 Å². The third-order valence-electron chi connectivity index (χ3n) is 5.28. The lowest BCUT2D eigenvalue weighted by Crippen LogP contribution is -2.34. The van der Waals surface area contributed by atoms with Crippen LogP contribution >= 0.6 is 0 Å². The number of hydrogen-bond donors (Lipinski definition) is 2. The highest BCUT2D eigenvalue weighted by Gasteiger charge is 2.30. The van der Waals surface area contributed by atoms with Crippen LogP contribution in [0.3, 0.4) is 0 Å². The van der Waals surface area contributed by atoms with Gasteiger partial charge in [-0.25, -0.2) is 0 Å². The molecule has 2 saturated heterocycles. The molecule has 2 heterocycles. The highest BCUT2D eigenvalue weighted by atomic mass is 16.2. The van der Waals surface area contributed by atoms with E-state index in [4.69, 9.17) is 5.73 Å². The fourth-order valence-corrected chi connectivity index (χ4v) is 3.87. The van der Waals surface area contributed by atoms with Crippen LogP contribution in [-0.2, 0) is 9.59 Å². The molecule has 0 spiro atoms. The fraction of sp³-hybridized carbons (Fsp3) is 0.429. The molecule has 1 aromatic rings. The minimum atomic E-state index is -0.676. The molecule has 3 N–H and O–H groups in total. The number of hydrogen-bond acceptors (Lipinski definition) is 5.